The molecule has 0 aliphatic heterocycles. The molecule has 9 heteroatoms. The summed E-state index contributed by atoms with van der Waals surface area (Å²) in [7, 11) is 0. The fourth-order valence-electron chi connectivity index (χ4n) is 1.22. The van der Waals surface area contributed by atoms with Gasteiger partial charge >= 0.3 is 11.8 Å². The molecule has 0 aliphatic carbocycles. The molecule has 2 aromatic rings. The summed E-state index contributed by atoms with van der Waals surface area (Å²) in [4.78, 5) is 26.8. The number of carbonyl (C=O) groups excluding carboxylic acids is 2. The minimum absolute atomic E-state index is 0.0606. The maximum absolute atomic E-state index is 11.6. The van der Waals surface area contributed by atoms with Crippen LogP contribution < -0.4 is 10.6 Å². The number of para-hydroxylation sites is 1. The summed E-state index contributed by atoms with van der Waals surface area (Å²) in [5.41, 5.74) is 0.170. The van der Waals surface area contributed by atoms with Gasteiger partial charge in [0.15, 0.2) is 0 Å². The van der Waals surface area contributed by atoms with Crippen LogP contribution in [0.4, 0.5) is 11.6 Å². The van der Waals surface area contributed by atoms with Crippen molar-refractivity contribution in [2.24, 2.45) is 0 Å². The molecule has 3 N–H and O–H groups in total. The maximum Gasteiger partial charge on any atom is 0.316 e. The quantitative estimate of drug-likeness (QED) is 0.735. The Kier molecular flexibility index (Phi) is 3.98. The van der Waals surface area contributed by atoms with Gasteiger partial charge in [-0.15, -0.1) is 0 Å². The summed E-state index contributed by atoms with van der Waals surface area (Å²) in [5, 5.41) is 10.9. The van der Waals surface area contributed by atoms with Crippen LogP contribution >= 0.6 is 23.2 Å². The zero-order chi connectivity index (χ0) is 13.8. The number of nitrogens with one attached hydrogen (secondary N) is 3. The van der Waals surface area contributed by atoms with E-state index in [4.69, 9.17) is 23.2 Å². The Labute approximate surface area is 117 Å². The Hall–Kier alpha value is -2.12. The average Bonchev–Trinajstić information content (AvgIpc) is 2.86. The van der Waals surface area contributed by atoms with Crippen LogP contribution in [0.5, 0.6) is 0 Å². The molecule has 0 fully saturated rings. The second-order valence-corrected chi connectivity index (χ2v) is 4.15. The number of carbonyl (C=O) groups is 2. The average molecular weight is 300 g/mol. The van der Waals surface area contributed by atoms with Crippen LogP contribution in [0, 0.1) is 0 Å². The van der Waals surface area contributed by atoms with E-state index < -0.39 is 11.8 Å². The lowest BCUT2D eigenvalue weighted by Crippen LogP contribution is -2.29. The molecule has 0 radical (unpaired) electrons. The van der Waals surface area contributed by atoms with Gasteiger partial charge in [-0.1, -0.05) is 29.3 Å². The molecule has 2 rings (SSSR count). The smallest absolute Gasteiger partial charge is 0.315 e. The molecule has 1 aromatic carbocycles. The highest BCUT2D eigenvalue weighted by atomic mass is 35.5. The van der Waals surface area contributed by atoms with E-state index in [1.807, 2.05) is 0 Å². The molecule has 0 saturated heterocycles. The molecular weight excluding hydrogens is 293 g/mol. The van der Waals surface area contributed by atoms with E-state index in [0.29, 0.717) is 0 Å². The monoisotopic (exact) mass is 299 g/mol. The molecule has 7 nitrogen and oxygen atoms in total. The van der Waals surface area contributed by atoms with Crippen LogP contribution in [0.15, 0.2) is 24.5 Å². The number of rotatable bonds is 2. The molecule has 0 unspecified atom stereocenters. The first-order chi connectivity index (χ1) is 9.08. The molecule has 0 saturated carbocycles. The highest BCUT2D eigenvalue weighted by molar-refractivity contribution is 6.46. The normalized spacial score (nSPS) is 10.0. The number of nitrogens with zero attached hydrogens (tertiary/aromatic N) is 2. The predicted octanol–water partition coefficient (Wildman–Crippen LogP) is 1.69. The van der Waals surface area contributed by atoms with Gasteiger partial charge in [-0.2, -0.15) is 10.1 Å². The number of halogens is 2. The molecule has 0 atom stereocenters. The van der Waals surface area contributed by atoms with Crippen LogP contribution in [0.3, 0.4) is 0 Å². The largest absolute Gasteiger partial charge is 0.316 e. The summed E-state index contributed by atoms with van der Waals surface area (Å²) >= 11 is 11.7. The first kappa shape index (κ1) is 13.3. The number of hydrogen-bond acceptors (Lipinski definition) is 4. The second-order valence-electron chi connectivity index (χ2n) is 3.34. The Morgan fingerprint density at radius 3 is 2.32 bits per heavy atom. The number of benzene rings is 1. The van der Waals surface area contributed by atoms with Gasteiger partial charge < -0.3 is 5.32 Å². The molecule has 1 heterocycles. The highest BCUT2D eigenvalue weighted by Crippen LogP contribution is 2.29. The SMILES string of the molecule is O=C(Nc1ncn[nH]1)C(=O)Nc1c(Cl)cccc1Cl. The van der Waals surface area contributed by atoms with Crippen molar-refractivity contribution in [3.05, 3.63) is 34.6 Å². The number of hydrogen-bond donors (Lipinski definition) is 3. The van der Waals surface area contributed by atoms with Crippen LogP contribution in [-0.2, 0) is 9.59 Å². The first-order valence-corrected chi connectivity index (χ1v) is 5.75. The van der Waals surface area contributed by atoms with E-state index in [9.17, 15) is 9.59 Å². The van der Waals surface area contributed by atoms with Gasteiger partial charge in [-0.25, -0.2) is 5.10 Å². The van der Waals surface area contributed by atoms with Crippen LogP contribution in [-0.4, -0.2) is 27.0 Å². The van der Waals surface area contributed by atoms with Crippen molar-refractivity contribution in [2.45, 2.75) is 0 Å². The van der Waals surface area contributed by atoms with Gasteiger partial charge in [-0.05, 0) is 12.1 Å². The van der Waals surface area contributed by atoms with Gasteiger partial charge in [0.2, 0.25) is 5.95 Å². The lowest BCUT2D eigenvalue weighted by molar-refractivity contribution is -0.133. The minimum atomic E-state index is -0.925. The molecule has 0 spiro atoms. The second kappa shape index (κ2) is 5.68. The molecule has 2 amide bonds. The van der Waals surface area contributed by atoms with Crippen molar-refractivity contribution >= 4 is 46.7 Å². The fraction of sp³-hybridized carbons (Fsp3) is 0. The molecule has 98 valence electrons. The molecule has 1 aromatic heterocycles. The van der Waals surface area contributed by atoms with Gasteiger partial charge in [0.1, 0.15) is 6.33 Å². The zero-order valence-electron chi connectivity index (χ0n) is 9.28. The van der Waals surface area contributed by atoms with E-state index in [2.05, 4.69) is 25.8 Å². The Bertz CT molecular complexity index is 594. The number of anilines is 2. The fourth-order valence-corrected chi connectivity index (χ4v) is 1.71. The maximum atomic E-state index is 11.6. The topological polar surface area (TPSA) is 99.8 Å². The summed E-state index contributed by atoms with van der Waals surface area (Å²) in [6.45, 7) is 0. The van der Waals surface area contributed by atoms with Crippen LogP contribution in [0.2, 0.25) is 10.0 Å². The number of aromatic nitrogens is 3. The van der Waals surface area contributed by atoms with Crippen molar-refractivity contribution in [3.63, 3.8) is 0 Å². The molecular formula is C10H7Cl2N5O2. The Morgan fingerprint density at radius 1 is 1.11 bits per heavy atom. The van der Waals surface area contributed by atoms with Crippen molar-refractivity contribution in [1.29, 1.82) is 0 Å². The molecule has 0 bridgehead atoms. The Balaban J connectivity index is 2.07. The molecule has 19 heavy (non-hydrogen) atoms. The first-order valence-electron chi connectivity index (χ1n) is 4.99. The van der Waals surface area contributed by atoms with Gasteiger partial charge in [0.25, 0.3) is 0 Å². The number of H-pyrrole nitrogens is 1. The number of amides is 2. The van der Waals surface area contributed by atoms with Crippen LogP contribution in [0.25, 0.3) is 0 Å². The highest BCUT2D eigenvalue weighted by Gasteiger charge is 2.17. The van der Waals surface area contributed by atoms with E-state index in [1.54, 1.807) is 6.07 Å². The van der Waals surface area contributed by atoms with Crippen molar-refractivity contribution in [1.82, 2.24) is 15.2 Å². The van der Waals surface area contributed by atoms with Crippen molar-refractivity contribution < 1.29 is 9.59 Å². The summed E-state index contributed by atoms with van der Waals surface area (Å²) in [6.07, 6.45) is 1.19. The van der Waals surface area contributed by atoms with E-state index in [1.165, 1.54) is 18.5 Å². The van der Waals surface area contributed by atoms with Crippen molar-refractivity contribution in [3.8, 4) is 0 Å². The summed E-state index contributed by atoms with van der Waals surface area (Å²) in [5.74, 6) is -1.79. The van der Waals surface area contributed by atoms with Crippen LogP contribution in [0.1, 0.15) is 0 Å². The number of aromatic amines is 1. The Morgan fingerprint density at radius 2 is 1.74 bits per heavy atom. The minimum Gasteiger partial charge on any atom is -0.315 e. The molecule has 0 aliphatic rings. The van der Waals surface area contributed by atoms with Crippen molar-refractivity contribution in [2.75, 3.05) is 10.6 Å². The van der Waals surface area contributed by atoms with E-state index in [-0.39, 0.29) is 21.7 Å². The lowest BCUT2D eigenvalue weighted by atomic mass is 10.3. The predicted molar refractivity (Wildman–Crippen MR) is 70.1 cm³/mol. The standard InChI is InChI=1S/C10H7Cl2N5O2/c11-5-2-1-3-6(12)7(5)15-8(18)9(19)16-10-13-4-14-17-10/h1-4H,(H,15,18)(H2,13,14,16,17,19). The van der Waals surface area contributed by atoms with Gasteiger partial charge in [0, 0.05) is 0 Å². The van der Waals surface area contributed by atoms with E-state index in [0.717, 1.165) is 0 Å². The third-order valence-electron chi connectivity index (χ3n) is 2.05. The third kappa shape index (κ3) is 3.21. The van der Waals surface area contributed by atoms with Gasteiger partial charge in [0.05, 0.1) is 15.7 Å². The zero-order valence-corrected chi connectivity index (χ0v) is 10.8. The third-order valence-corrected chi connectivity index (χ3v) is 2.68. The lowest BCUT2D eigenvalue weighted by Gasteiger charge is -2.08. The summed E-state index contributed by atoms with van der Waals surface area (Å²) < 4.78 is 0. The van der Waals surface area contributed by atoms with E-state index >= 15 is 0 Å². The van der Waals surface area contributed by atoms with Gasteiger partial charge in [-0.3, -0.25) is 14.9 Å². The summed E-state index contributed by atoms with van der Waals surface area (Å²) in [6, 6.07) is 4.70.